The Balaban J connectivity index is 1.36. The highest BCUT2D eigenvalue weighted by molar-refractivity contribution is 5.80. The maximum Gasteiger partial charge on any atom is 0.225 e. The van der Waals surface area contributed by atoms with Gasteiger partial charge in [0.25, 0.3) is 0 Å². The van der Waals surface area contributed by atoms with Gasteiger partial charge in [-0.15, -0.1) is 0 Å². The number of rotatable bonds is 6. The lowest BCUT2D eigenvalue weighted by Crippen LogP contribution is -2.46. The molecule has 3 rings (SSSR count). The molecule has 0 atom stereocenters. The Bertz CT molecular complexity index is 460. The number of piperidine rings is 1. The molecule has 0 aromatic rings. The molecule has 3 fully saturated rings. The summed E-state index contributed by atoms with van der Waals surface area (Å²) in [5, 5.41) is 6.68. The van der Waals surface area contributed by atoms with Gasteiger partial charge in [0, 0.05) is 31.0 Å². The van der Waals surface area contributed by atoms with Crippen LogP contribution in [0.5, 0.6) is 0 Å². The van der Waals surface area contributed by atoms with Gasteiger partial charge in [0.1, 0.15) is 0 Å². The van der Waals surface area contributed by atoms with Gasteiger partial charge in [-0.3, -0.25) is 9.59 Å². The van der Waals surface area contributed by atoms with E-state index in [1.807, 2.05) is 0 Å². The van der Waals surface area contributed by atoms with Gasteiger partial charge in [0.2, 0.25) is 11.8 Å². The van der Waals surface area contributed by atoms with Crippen LogP contribution in [0.3, 0.4) is 0 Å². The van der Waals surface area contributed by atoms with Crippen molar-refractivity contribution in [3.63, 3.8) is 0 Å². The van der Waals surface area contributed by atoms with E-state index in [0.717, 1.165) is 83.5 Å². The smallest absolute Gasteiger partial charge is 0.225 e. The zero-order valence-electron chi connectivity index (χ0n) is 16.5. The molecular formula is C21H37N3O2. The normalized spacial score (nSPS) is 28.3. The third kappa shape index (κ3) is 5.21. The van der Waals surface area contributed by atoms with Crippen molar-refractivity contribution in [3.8, 4) is 0 Å². The van der Waals surface area contributed by atoms with Gasteiger partial charge < -0.3 is 15.5 Å². The lowest BCUT2D eigenvalue weighted by atomic mass is 9.84. The van der Waals surface area contributed by atoms with E-state index in [4.69, 9.17) is 0 Å². The molecule has 0 spiro atoms. The van der Waals surface area contributed by atoms with Gasteiger partial charge in [-0.05, 0) is 70.4 Å². The van der Waals surface area contributed by atoms with Gasteiger partial charge in [0.05, 0.1) is 0 Å². The summed E-state index contributed by atoms with van der Waals surface area (Å²) in [6.45, 7) is 6.11. The predicted octanol–water partition coefficient (Wildman–Crippen LogP) is 2.70. The van der Waals surface area contributed by atoms with Crippen molar-refractivity contribution in [2.75, 3.05) is 26.2 Å². The van der Waals surface area contributed by atoms with E-state index >= 15 is 0 Å². The lowest BCUT2D eigenvalue weighted by Gasteiger charge is -2.36. The quantitative estimate of drug-likeness (QED) is 0.763. The van der Waals surface area contributed by atoms with Gasteiger partial charge in [0.15, 0.2) is 0 Å². The molecule has 3 aliphatic rings. The molecule has 0 radical (unpaired) electrons. The largest absolute Gasteiger partial charge is 0.353 e. The lowest BCUT2D eigenvalue weighted by molar-refractivity contribution is -0.138. The fourth-order valence-corrected chi connectivity index (χ4v) is 4.96. The Morgan fingerprint density at radius 1 is 0.885 bits per heavy atom. The number of nitrogens with one attached hydrogen (secondary N) is 2. The van der Waals surface area contributed by atoms with Crippen LogP contribution in [-0.4, -0.2) is 48.9 Å². The van der Waals surface area contributed by atoms with Crippen LogP contribution in [0.25, 0.3) is 0 Å². The van der Waals surface area contributed by atoms with Crippen molar-refractivity contribution >= 4 is 11.8 Å². The summed E-state index contributed by atoms with van der Waals surface area (Å²) in [6.07, 6.45) is 10.6. The van der Waals surface area contributed by atoms with E-state index in [0.29, 0.717) is 5.91 Å². The number of carbonyl (C=O) groups is 2. The number of hydrogen-bond acceptors (Lipinski definition) is 3. The van der Waals surface area contributed by atoms with Crippen LogP contribution in [0, 0.1) is 17.8 Å². The molecule has 148 valence electrons. The van der Waals surface area contributed by atoms with E-state index in [-0.39, 0.29) is 23.8 Å². The second kappa shape index (κ2) is 9.72. The average Bonchev–Trinajstić information content (AvgIpc) is 3.22. The number of carbonyl (C=O) groups excluding carboxylic acids is 2. The highest BCUT2D eigenvalue weighted by atomic mass is 16.2. The minimum atomic E-state index is 0.181. The topological polar surface area (TPSA) is 61.4 Å². The standard InChI is InChI=1S/C21H37N3O2/c1-2-22-15-16-11-13-24(14-12-16)21(26)18-7-9-19(10-8-18)23-20(25)17-5-3-4-6-17/h16-19,22H,2-15H2,1H3,(H,23,25). The number of hydrogen-bond donors (Lipinski definition) is 2. The van der Waals surface area contributed by atoms with Crippen molar-refractivity contribution in [2.24, 2.45) is 17.8 Å². The molecule has 5 nitrogen and oxygen atoms in total. The van der Waals surface area contributed by atoms with Crippen LogP contribution in [0.4, 0.5) is 0 Å². The second-order valence-corrected chi connectivity index (χ2v) is 8.61. The molecule has 2 N–H and O–H groups in total. The van der Waals surface area contributed by atoms with Crippen LogP contribution in [0.1, 0.15) is 71.1 Å². The number of amides is 2. The van der Waals surface area contributed by atoms with Crippen LogP contribution in [-0.2, 0) is 9.59 Å². The van der Waals surface area contributed by atoms with E-state index in [1.165, 1.54) is 12.8 Å². The SMILES string of the molecule is CCNCC1CCN(C(=O)C2CCC(NC(=O)C3CCCC3)CC2)CC1. The summed E-state index contributed by atoms with van der Waals surface area (Å²) in [6, 6.07) is 0.290. The molecule has 26 heavy (non-hydrogen) atoms. The second-order valence-electron chi connectivity index (χ2n) is 8.61. The Kier molecular flexibility index (Phi) is 7.35. The maximum atomic E-state index is 12.8. The minimum absolute atomic E-state index is 0.181. The molecule has 0 bridgehead atoms. The van der Waals surface area contributed by atoms with E-state index in [2.05, 4.69) is 22.5 Å². The van der Waals surface area contributed by atoms with Gasteiger partial charge in [-0.1, -0.05) is 19.8 Å². The van der Waals surface area contributed by atoms with Crippen molar-refractivity contribution in [2.45, 2.75) is 77.2 Å². The van der Waals surface area contributed by atoms with Crippen molar-refractivity contribution in [3.05, 3.63) is 0 Å². The third-order valence-electron chi connectivity index (χ3n) is 6.76. The van der Waals surface area contributed by atoms with Gasteiger partial charge in [-0.25, -0.2) is 0 Å². The molecule has 2 amide bonds. The highest BCUT2D eigenvalue weighted by Crippen LogP contribution is 2.29. The summed E-state index contributed by atoms with van der Waals surface area (Å²) in [5.41, 5.74) is 0. The molecule has 2 aliphatic carbocycles. The minimum Gasteiger partial charge on any atom is -0.353 e. The highest BCUT2D eigenvalue weighted by Gasteiger charge is 2.32. The molecule has 5 heteroatoms. The summed E-state index contributed by atoms with van der Waals surface area (Å²) >= 11 is 0. The van der Waals surface area contributed by atoms with Crippen LogP contribution >= 0.6 is 0 Å². The molecule has 0 aromatic carbocycles. The molecule has 1 aliphatic heterocycles. The van der Waals surface area contributed by atoms with Crippen LogP contribution < -0.4 is 10.6 Å². The maximum absolute atomic E-state index is 12.8. The first-order valence-corrected chi connectivity index (χ1v) is 11.0. The Morgan fingerprint density at radius 3 is 2.15 bits per heavy atom. The summed E-state index contributed by atoms with van der Waals surface area (Å²) in [5.74, 6) is 1.78. The summed E-state index contributed by atoms with van der Waals surface area (Å²) in [4.78, 5) is 27.2. The van der Waals surface area contributed by atoms with Crippen molar-refractivity contribution < 1.29 is 9.59 Å². The van der Waals surface area contributed by atoms with Crippen molar-refractivity contribution in [1.82, 2.24) is 15.5 Å². The zero-order valence-corrected chi connectivity index (χ0v) is 16.5. The van der Waals surface area contributed by atoms with E-state index < -0.39 is 0 Å². The molecular weight excluding hydrogens is 326 g/mol. The van der Waals surface area contributed by atoms with Crippen molar-refractivity contribution in [1.29, 1.82) is 0 Å². The number of likely N-dealkylation sites (tertiary alicyclic amines) is 1. The first-order chi connectivity index (χ1) is 12.7. The van der Waals surface area contributed by atoms with E-state index in [9.17, 15) is 9.59 Å². The molecule has 1 heterocycles. The first kappa shape index (κ1) is 19.7. The molecule has 1 saturated heterocycles. The van der Waals surface area contributed by atoms with Crippen LogP contribution in [0.2, 0.25) is 0 Å². The molecule has 2 saturated carbocycles. The first-order valence-electron chi connectivity index (χ1n) is 11.0. The Morgan fingerprint density at radius 2 is 1.54 bits per heavy atom. The Hall–Kier alpha value is -1.10. The monoisotopic (exact) mass is 363 g/mol. The van der Waals surface area contributed by atoms with Crippen LogP contribution in [0.15, 0.2) is 0 Å². The summed E-state index contributed by atoms with van der Waals surface area (Å²) in [7, 11) is 0. The zero-order chi connectivity index (χ0) is 18.4. The van der Waals surface area contributed by atoms with E-state index in [1.54, 1.807) is 0 Å². The summed E-state index contributed by atoms with van der Waals surface area (Å²) < 4.78 is 0. The Labute approximate surface area is 158 Å². The van der Waals surface area contributed by atoms with Gasteiger partial charge in [-0.2, -0.15) is 0 Å². The number of nitrogens with zero attached hydrogens (tertiary/aromatic N) is 1. The third-order valence-corrected chi connectivity index (χ3v) is 6.76. The van der Waals surface area contributed by atoms with Gasteiger partial charge >= 0.3 is 0 Å². The fourth-order valence-electron chi connectivity index (χ4n) is 4.96. The molecule has 0 unspecified atom stereocenters. The predicted molar refractivity (Wildman–Crippen MR) is 104 cm³/mol. The average molecular weight is 364 g/mol. The molecule has 0 aromatic heterocycles. The fraction of sp³-hybridized carbons (Fsp3) is 0.905.